The average Bonchev–Trinajstić information content (AvgIpc) is 2.70. The van der Waals surface area contributed by atoms with Gasteiger partial charge in [-0.15, -0.1) is 0 Å². The van der Waals surface area contributed by atoms with Crippen LogP contribution in [0.25, 0.3) is 0 Å². The molecule has 5 nitrogen and oxygen atoms in total. The third-order valence-corrected chi connectivity index (χ3v) is 3.67. The summed E-state index contributed by atoms with van der Waals surface area (Å²) in [5.74, 6) is -1.44. The largest absolute Gasteiger partial charge is 0.489 e. The Hall–Kier alpha value is -3.67. The van der Waals surface area contributed by atoms with E-state index in [0.29, 0.717) is 23.7 Å². The van der Waals surface area contributed by atoms with E-state index in [1.54, 1.807) is 24.3 Å². The molecule has 136 valence electrons. The summed E-state index contributed by atoms with van der Waals surface area (Å²) >= 11 is 0. The highest BCUT2D eigenvalue weighted by molar-refractivity contribution is 6.43. The van der Waals surface area contributed by atoms with Crippen molar-refractivity contribution in [2.45, 2.75) is 6.61 Å². The quantitative estimate of drug-likeness (QED) is 0.673. The van der Waals surface area contributed by atoms with E-state index in [1.807, 2.05) is 30.3 Å². The van der Waals surface area contributed by atoms with Crippen molar-refractivity contribution in [3.63, 3.8) is 0 Å². The second-order valence-electron chi connectivity index (χ2n) is 5.71. The Balaban J connectivity index is 1.51. The van der Waals surface area contributed by atoms with Crippen LogP contribution in [0.2, 0.25) is 0 Å². The third-order valence-electron chi connectivity index (χ3n) is 3.67. The molecule has 2 amide bonds. The number of anilines is 2. The van der Waals surface area contributed by atoms with Crippen LogP contribution >= 0.6 is 0 Å². The van der Waals surface area contributed by atoms with Crippen molar-refractivity contribution in [3.8, 4) is 5.75 Å². The van der Waals surface area contributed by atoms with Gasteiger partial charge in [0.05, 0.1) is 0 Å². The van der Waals surface area contributed by atoms with E-state index in [2.05, 4.69) is 10.6 Å². The van der Waals surface area contributed by atoms with E-state index < -0.39 is 17.6 Å². The van der Waals surface area contributed by atoms with Crippen molar-refractivity contribution >= 4 is 23.2 Å². The normalized spacial score (nSPS) is 10.1. The highest BCUT2D eigenvalue weighted by atomic mass is 19.1. The van der Waals surface area contributed by atoms with Crippen molar-refractivity contribution in [1.29, 1.82) is 0 Å². The van der Waals surface area contributed by atoms with Crippen LogP contribution in [-0.2, 0) is 16.2 Å². The zero-order valence-corrected chi connectivity index (χ0v) is 14.3. The fourth-order valence-corrected chi connectivity index (χ4v) is 2.28. The number of rotatable bonds is 5. The molecule has 0 aromatic heterocycles. The van der Waals surface area contributed by atoms with Crippen LogP contribution < -0.4 is 15.4 Å². The zero-order valence-electron chi connectivity index (χ0n) is 14.3. The maximum atomic E-state index is 12.9. The molecule has 6 heteroatoms. The summed E-state index contributed by atoms with van der Waals surface area (Å²) in [6.07, 6.45) is 0. The monoisotopic (exact) mass is 364 g/mol. The summed E-state index contributed by atoms with van der Waals surface area (Å²) in [6, 6.07) is 21.6. The molecule has 3 aromatic rings. The average molecular weight is 364 g/mol. The van der Waals surface area contributed by atoms with Gasteiger partial charge in [-0.05, 0) is 54.1 Å². The van der Waals surface area contributed by atoms with Gasteiger partial charge in [-0.25, -0.2) is 4.39 Å². The van der Waals surface area contributed by atoms with Crippen LogP contribution in [0.15, 0.2) is 78.9 Å². The summed E-state index contributed by atoms with van der Waals surface area (Å²) in [5.41, 5.74) is 1.84. The van der Waals surface area contributed by atoms with Crippen LogP contribution in [-0.4, -0.2) is 11.8 Å². The van der Waals surface area contributed by atoms with Gasteiger partial charge < -0.3 is 15.4 Å². The number of hydrogen-bond acceptors (Lipinski definition) is 3. The molecule has 0 heterocycles. The van der Waals surface area contributed by atoms with Crippen LogP contribution in [0.3, 0.4) is 0 Å². The first-order chi connectivity index (χ1) is 13.1. The standard InChI is InChI=1S/C21H17FN2O3/c22-16-6-8-17(9-7-16)23-20(25)21(26)24-18-10-12-19(13-11-18)27-14-15-4-2-1-3-5-15/h1-13H,14H2,(H,23,25)(H,24,26). The van der Waals surface area contributed by atoms with Crippen molar-refractivity contribution in [2.24, 2.45) is 0 Å². The predicted molar refractivity (Wildman–Crippen MR) is 101 cm³/mol. The molecule has 0 aliphatic carbocycles. The maximum Gasteiger partial charge on any atom is 0.314 e. The van der Waals surface area contributed by atoms with Crippen molar-refractivity contribution in [1.82, 2.24) is 0 Å². The number of carbonyl (C=O) groups excluding carboxylic acids is 2. The molecule has 27 heavy (non-hydrogen) atoms. The number of ether oxygens (including phenoxy) is 1. The SMILES string of the molecule is O=C(Nc1ccc(F)cc1)C(=O)Nc1ccc(OCc2ccccc2)cc1. The molecule has 2 N–H and O–H groups in total. The number of hydrogen-bond donors (Lipinski definition) is 2. The van der Waals surface area contributed by atoms with Gasteiger partial charge in [0, 0.05) is 11.4 Å². The highest BCUT2D eigenvalue weighted by Crippen LogP contribution is 2.17. The molecule has 0 radical (unpaired) electrons. The maximum absolute atomic E-state index is 12.9. The summed E-state index contributed by atoms with van der Waals surface area (Å²) in [7, 11) is 0. The second-order valence-corrected chi connectivity index (χ2v) is 5.71. The fraction of sp³-hybridized carbons (Fsp3) is 0.0476. The number of carbonyl (C=O) groups is 2. The number of benzene rings is 3. The molecular weight excluding hydrogens is 347 g/mol. The molecule has 0 spiro atoms. The molecular formula is C21H17FN2O3. The summed E-state index contributed by atoms with van der Waals surface area (Å²) < 4.78 is 18.5. The minimum Gasteiger partial charge on any atom is -0.489 e. The minimum absolute atomic E-state index is 0.334. The first kappa shape index (κ1) is 18.1. The Morgan fingerprint density at radius 2 is 1.26 bits per heavy atom. The van der Waals surface area contributed by atoms with Gasteiger partial charge in [-0.1, -0.05) is 30.3 Å². The molecule has 0 unspecified atom stereocenters. The van der Waals surface area contributed by atoms with E-state index in [9.17, 15) is 14.0 Å². The molecule has 0 fully saturated rings. The van der Waals surface area contributed by atoms with Crippen LogP contribution in [0, 0.1) is 5.82 Å². The van der Waals surface area contributed by atoms with Gasteiger partial charge in [0.15, 0.2) is 0 Å². The lowest BCUT2D eigenvalue weighted by Crippen LogP contribution is -2.29. The summed E-state index contributed by atoms with van der Waals surface area (Å²) in [6.45, 7) is 0.437. The summed E-state index contributed by atoms with van der Waals surface area (Å²) in [4.78, 5) is 23.8. The Morgan fingerprint density at radius 1 is 0.741 bits per heavy atom. The van der Waals surface area contributed by atoms with Gasteiger partial charge in [-0.2, -0.15) is 0 Å². The lowest BCUT2D eigenvalue weighted by atomic mass is 10.2. The van der Waals surface area contributed by atoms with E-state index >= 15 is 0 Å². The molecule has 0 atom stereocenters. The van der Waals surface area contributed by atoms with E-state index in [1.165, 1.54) is 24.3 Å². The summed E-state index contributed by atoms with van der Waals surface area (Å²) in [5, 5.41) is 4.89. The minimum atomic E-state index is -0.842. The van der Waals surface area contributed by atoms with Crippen LogP contribution in [0.1, 0.15) is 5.56 Å². The van der Waals surface area contributed by atoms with Crippen LogP contribution in [0.5, 0.6) is 5.75 Å². The van der Waals surface area contributed by atoms with Gasteiger partial charge in [0.2, 0.25) is 0 Å². The van der Waals surface area contributed by atoms with Crippen molar-refractivity contribution in [2.75, 3.05) is 10.6 Å². The van der Waals surface area contributed by atoms with Crippen molar-refractivity contribution in [3.05, 3.63) is 90.2 Å². The van der Waals surface area contributed by atoms with Crippen LogP contribution in [0.4, 0.5) is 15.8 Å². The molecule has 0 bridgehead atoms. The Bertz CT molecular complexity index is 910. The molecule has 0 saturated heterocycles. The van der Waals surface area contributed by atoms with Gasteiger partial charge >= 0.3 is 11.8 Å². The number of nitrogens with one attached hydrogen (secondary N) is 2. The Kier molecular flexibility index (Phi) is 5.79. The van der Waals surface area contributed by atoms with E-state index in [4.69, 9.17) is 4.74 Å². The van der Waals surface area contributed by atoms with Gasteiger partial charge in [0.1, 0.15) is 18.2 Å². The first-order valence-corrected chi connectivity index (χ1v) is 8.25. The lowest BCUT2D eigenvalue weighted by molar-refractivity contribution is -0.132. The van der Waals surface area contributed by atoms with E-state index in [0.717, 1.165) is 5.56 Å². The van der Waals surface area contributed by atoms with Crippen molar-refractivity contribution < 1.29 is 18.7 Å². The smallest absolute Gasteiger partial charge is 0.314 e. The number of halogens is 1. The third kappa shape index (κ3) is 5.40. The number of amides is 2. The second kappa shape index (κ2) is 8.62. The highest BCUT2D eigenvalue weighted by Gasteiger charge is 2.14. The van der Waals surface area contributed by atoms with Gasteiger partial charge in [0.25, 0.3) is 0 Å². The molecule has 3 aromatic carbocycles. The first-order valence-electron chi connectivity index (χ1n) is 8.25. The molecule has 3 rings (SSSR count). The molecule has 0 aliphatic heterocycles. The zero-order chi connectivity index (χ0) is 19.1. The van der Waals surface area contributed by atoms with Gasteiger partial charge in [-0.3, -0.25) is 9.59 Å². The van der Waals surface area contributed by atoms with E-state index in [-0.39, 0.29) is 0 Å². The Morgan fingerprint density at radius 3 is 1.81 bits per heavy atom. The molecule has 0 saturated carbocycles. The predicted octanol–water partition coefficient (Wildman–Crippen LogP) is 3.98. The fourth-order valence-electron chi connectivity index (χ4n) is 2.28. The topological polar surface area (TPSA) is 67.4 Å². The molecule has 0 aliphatic rings. The lowest BCUT2D eigenvalue weighted by Gasteiger charge is -2.09. The Labute approximate surface area is 155 Å².